The normalized spacial score (nSPS) is 16.3. The van der Waals surface area contributed by atoms with Gasteiger partial charge in [-0.1, -0.05) is 44.2 Å². The summed E-state index contributed by atoms with van der Waals surface area (Å²) < 4.78 is 10.8. The third-order valence-corrected chi connectivity index (χ3v) is 4.58. The zero-order chi connectivity index (χ0) is 21.0. The van der Waals surface area contributed by atoms with Crippen molar-refractivity contribution in [3.8, 4) is 5.75 Å². The number of ether oxygens (including phenoxy) is 2. The van der Waals surface area contributed by atoms with Crippen LogP contribution < -0.4 is 15.4 Å². The Hall–Kier alpha value is -3.35. The SMILES string of the molecule is CC(C)c1ccccc1NC(=O)[C@@H](C)OC(=O)C[C@H]1Oc2ccccc2NC1=O. The van der Waals surface area contributed by atoms with Gasteiger partial charge in [-0.25, -0.2) is 0 Å². The summed E-state index contributed by atoms with van der Waals surface area (Å²) in [6.45, 7) is 5.55. The summed E-state index contributed by atoms with van der Waals surface area (Å²) in [5.74, 6) is -0.839. The molecule has 0 spiro atoms. The summed E-state index contributed by atoms with van der Waals surface area (Å²) in [5.41, 5.74) is 2.23. The van der Waals surface area contributed by atoms with Crippen molar-refractivity contribution >= 4 is 29.2 Å². The lowest BCUT2D eigenvalue weighted by Gasteiger charge is -2.25. The van der Waals surface area contributed by atoms with Crippen molar-refractivity contribution in [2.75, 3.05) is 10.6 Å². The third kappa shape index (κ3) is 4.93. The van der Waals surface area contributed by atoms with Crippen LogP contribution >= 0.6 is 0 Å². The van der Waals surface area contributed by atoms with Gasteiger partial charge in [0, 0.05) is 5.69 Å². The number of para-hydroxylation sites is 3. The van der Waals surface area contributed by atoms with E-state index >= 15 is 0 Å². The van der Waals surface area contributed by atoms with Gasteiger partial charge in [0.05, 0.1) is 12.1 Å². The van der Waals surface area contributed by atoms with Crippen LogP contribution in [0.1, 0.15) is 38.7 Å². The molecule has 2 aromatic carbocycles. The molecule has 0 saturated heterocycles. The zero-order valence-corrected chi connectivity index (χ0v) is 16.6. The summed E-state index contributed by atoms with van der Waals surface area (Å²) in [5, 5.41) is 5.49. The molecule has 7 nitrogen and oxygen atoms in total. The lowest BCUT2D eigenvalue weighted by molar-refractivity contribution is -0.155. The van der Waals surface area contributed by atoms with Crippen LogP contribution in [0.3, 0.4) is 0 Å². The first-order valence-corrected chi connectivity index (χ1v) is 9.51. The molecule has 7 heteroatoms. The van der Waals surface area contributed by atoms with Gasteiger partial charge in [-0.05, 0) is 36.6 Å². The molecule has 0 aliphatic carbocycles. The standard InChI is InChI=1S/C22H24N2O5/c1-13(2)15-8-4-5-9-16(15)23-21(26)14(3)28-20(25)12-19-22(27)24-17-10-6-7-11-18(17)29-19/h4-11,13-14,19H,12H2,1-3H3,(H,23,26)(H,24,27)/t14-,19-/m1/s1. The number of hydrogen-bond donors (Lipinski definition) is 2. The van der Waals surface area contributed by atoms with Crippen LogP contribution in [0, 0.1) is 0 Å². The van der Waals surface area contributed by atoms with Gasteiger partial charge in [-0.3, -0.25) is 14.4 Å². The van der Waals surface area contributed by atoms with Crippen molar-refractivity contribution in [3.05, 3.63) is 54.1 Å². The highest BCUT2D eigenvalue weighted by molar-refractivity contribution is 6.00. The molecule has 1 aliphatic rings. The molecule has 0 radical (unpaired) electrons. The van der Waals surface area contributed by atoms with Crippen molar-refractivity contribution in [2.45, 2.75) is 45.3 Å². The van der Waals surface area contributed by atoms with Gasteiger partial charge in [0.15, 0.2) is 12.2 Å². The summed E-state index contributed by atoms with van der Waals surface area (Å²) in [7, 11) is 0. The Morgan fingerprint density at radius 3 is 2.55 bits per heavy atom. The van der Waals surface area contributed by atoms with Crippen molar-refractivity contribution in [3.63, 3.8) is 0 Å². The predicted molar refractivity (Wildman–Crippen MR) is 109 cm³/mol. The van der Waals surface area contributed by atoms with Crippen LogP contribution in [0.2, 0.25) is 0 Å². The fourth-order valence-corrected chi connectivity index (χ4v) is 3.03. The second-order valence-electron chi connectivity index (χ2n) is 7.16. The Morgan fingerprint density at radius 2 is 1.79 bits per heavy atom. The first-order valence-electron chi connectivity index (χ1n) is 9.51. The Balaban J connectivity index is 1.57. The van der Waals surface area contributed by atoms with Gasteiger partial charge in [-0.15, -0.1) is 0 Å². The molecule has 2 aromatic rings. The van der Waals surface area contributed by atoms with Crippen molar-refractivity contribution < 1.29 is 23.9 Å². The Labute approximate surface area is 169 Å². The van der Waals surface area contributed by atoms with Crippen LogP contribution in [0.4, 0.5) is 11.4 Å². The highest BCUT2D eigenvalue weighted by Gasteiger charge is 2.31. The van der Waals surface area contributed by atoms with E-state index in [0.29, 0.717) is 17.1 Å². The molecule has 1 aliphatic heterocycles. The Kier molecular flexibility index (Phi) is 6.16. The number of fused-ring (bicyclic) bond motifs is 1. The average Bonchev–Trinajstić information content (AvgIpc) is 2.68. The quantitative estimate of drug-likeness (QED) is 0.729. The highest BCUT2D eigenvalue weighted by atomic mass is 16.6. The summed E-state index contributed by atoms with van der Waals surface area (Å²) in [4.78, 5) is 36.8. The second-order valence-corrected chi connectivity index (χ2v) is 7.16. The van der Waals surface area contributed by atoms with Gasteiger partial charge < -0.3 is 20.1 Å². The van der Waals surface area contributed by atoms with Crippen molar-refractivity contribution in [2.24, 2.45) is 0 Å². The first kappa shape index (κ1) is 20.4. The lowest BCUT2D eigenvalue weighted by Crippen LogP contribution is -2.40. The van der Waals surface area contributed by atoms with Crippen LogP contribution in [-0.2, 0) is 19.1 Å². The van der Waals surface area contributed by atoms with Gasteiger partial charge in [0.1, 0.15) is 5.75 Å². The third-order valence-electron chi connectivity index (χ3n) is 4.58. The molecule has 0 fully saturated rings. The van der Waals surface area contributed by atoms with Gasteiger partial charge in [0.2, 0.25) is 0 Å². The smallest absolute Gasteiger partial charge is 0.310 e. The maximum atomic E-state index is 12.4. The molecular formula is C22H24N2O5. The van der Waals surface area contributed by atoms with Gasteiger partial charge >= 0.3 is 5.97 Å². The van der Waals surface area contributed by atoms with Gasteiger partial charge in [0.25, 0.3) is 11.8 Å². The fraction of sp³-hybridized carbons (Fsp3) is 0.318. The number of nitrogens with one attached hydrogen (secondary N) is 2. The number of benzene rings is 2. The molecule has 2 atom stereocenters. The van der Waals surface area contributed by atoms with Crippen LogP contribution in [0.25, 0.3) is 0 Å². The van der Waals surface area contributed by atoms with E-state index in [1.807, 2.05) is 32.0 Å². The molecule has 29 heavy (non-hydrogen) atoms. The topological polar surface area (TPSA) is 93.7 Å². The van der Waals surface area contributed by atoms with Crippen LogP contribution in [-0.4, -0.2) is 30.0 Å². The molecular weight excluding hydrogens is 372 g/mol. The summed E-state index contributed by atoms with van der Waals surface area (Å²) >= 11 is 0. The van der Waals surface area contributed by atoms with E-state index in [1.54, 1.807) is 30.3 Å². The minimum Gasteiger partial charge on any atom is -0.478 e. The molecule has 2 N–H and O–H groups in total. The number of esters is 1. The number of rotatable bonds is 6. The fourth-order valence-electron chi connectivity index (χ4n) is 3.03. The molecule has 2 amide bonds. The first-order chi connectivity index (χ1) is 13.8. The Morgan fingerprint density at radius 1 is 1.10 bits per heavy atom. The second kappa shape index (κ2) is 8.77. The van der Waals surface area contributed by atoms with E-state index < -0.39 is 30.0 Å². The molecule has 152 valence electrons. The monoisotopic (exact) mass is 396 g/mol. The minimum absolute atomic E-state index is 0.231. The molecule has 3 rings (SSSR count). The number of carbonyl (C=O) groups excluding carboxylic acids is 3. The Bertz CT molecular complexity index is 925. The molecule has 0 bridgehead atoms. The maximum absolute atomic E-state index is 12.4. The number of amides is 2. The largest absolute Gasteiger partial charge is 0.478 e. The predicted octanol–water partition coefficient (Wildman–Crippen LogP) is 3.47. The summed E-state index contributed by atoms with van der Waals surface area (Å²) in [6.07, 6.45) is -2.31. The summed E-state index contributed by atoms with van der Waals surface area (Å²) in [6, 6.07) is 14.4. The van der Waals surface area contributed by atoms with Gasteiger partial charge in [-0.2, -0.15) is 0 Å². The van der Waals surface area contributed by atoms with E-state index in [0.717, 1.165) is 5.56 Å². The van der Waals surface area contributed by atoms with E-state index in [9.17, 15) is 14.4 Å². The maximum Gasteiger partial charge on any atom is 0.310 e. The number of carbonyl (C=O) groups is 3. The van der Waals surface area contributed by atoms with Crippen LogP contribution in [0.15, 0.2) is 48.5 Å². The van der Waals surface area contributed by atoms with E-state index in [4.69, 9.17) is 9.47 Å². The lowest BCUT2D eigenvalue weighted by atomic mass is 10.0. The molecule has 1 heterocycles. The number of anilines is 2. The van der Waals surface area contributed by atoms with E-state index in [-0.39, 0.29) is 12.3 Å². The molecule has 0 unspecified atom stereocenters. The minimum atomic E-state index is -1.01. The average molecular weight is 396 g/mol. The zero-order valence-electron chi connectivity index (χ0n) is 16.6. The van der Waals surface area contributed by atoms with Crippen molar-refractivity contribution in [1.29, 1.82) is 0 Å². The van der Waals surface area contributed by atoms with E-state index in [1.165, 1.54) is 6.92 Å². The van der Waals surface area contributed by atoms with Crippen LogP contribution in [0.5, 0.6) is 5.75 Å². The molecule has 0 aromatic heterocycles. The highest BCUT2D eigenvalue weighted by Crippen LogP contribution is 2.29. The molecule has 0 saturated carbocycles. The van der Waals surface area contributed by atoms with E-state index in [2.05, 4.69) is 10.6 Å². The van der Waals surface area contributed by atoms with Crippen molar-refractivity contribution in [1.82, 2.24) is 0 Å². The number of hydrogen-bond acceptors (Lipinski definition) is 5.